The van der Waals surface area contributed by atoms with Crippen LogP contribution in [-0.2, 0) is 14.2 Å². The third-order valence-corrected chi connectivity index (χ3v) is 5.05. The number of benzene rings is 3. The molecule has 3 aromatic carbocycles. The van der Waals surface area contributed by atoms with Crippen LogP contribution >= 0.6 is 0 Å². The first kappa shape index (κ1) is 26.5. The molecule has 0 bridgehead atoms. The second-order valence-electron chi connectivity index (χ2n) is 7.45. The van der Waals surface area contributed by atoms with Gasteiger partial charge >= 0.3 is 35.9 Å². The highest BCUT2D eigenvalue weighted by Gasteiger charge is 2.21. The molecule has 1 aromatic heterocycles. The number of aromatic nitrogens is 3. The normalized spacial score (nSPS) is 10.2. The van der Waals surface area contributed by atoms with Gasteiger partial charge in [-0.1, -0.05) is 36.4 Å². The van der Waals surface area contributed by atoms with Gasteiger partial charge in [0, 0.05) is 0 Å². The molecule has 0 saturated carbocycles. The van der Waals surface area contributed by atoms with E-state index in [-0.39, 0.29) is 52.0 Å². The second kappa shape index (κ2) is 12.1. The molecule has 1 heterocycles. The van der Waals surface area contributed by atoms with Crippen LogP contribution in [0.1, 0.15) is 31.1 Å². The molecule has 0 saturated heterocycles. The van der Waals surface area contributed by atoms with Crippen molar-refractivity contribution in [1.29, 1.82) is 0 Å². The monoisotopic (exact) mass is 531 g/mol. The van der Waals surface area contributed by atoms with E-state index in [1.165, 1.54) is 57.7 Å². The topological polar surface area (TPSA) is 145 Å². The molecule has 0 fully saturated rings. The molecule has 0 aliphatic rings. The molecule has 0 unspecified atom stereocenters. The van der Waals surface area contributed by atoms with E-state index in [2.05, 4.69) is 15.0 Å². The first-order chi connectivity index (χ1) is 18.9. The SMILES string of the molecule is COC(=O)c1ccccc1Oc1nc(Oc2ccccc2C(=O)OC)nc(Oc2ccccc2C(=O)OC)n1. The molecule has 0 amide bonds. The summed E-state index contributed by atoms with van der Waals surface area (Å²) in [5.74, 6) is -1.70. The maximum atomic E-state index is 12.2. The summed E-state index contributed by atoms with van der Waals surface area (Å²) in [7, 11) is 3.70. The predicted octanol–water partition coefficient (Wildman–Crippen LogP) is 4.61. The number of para-hydroxylation sites is 3. The molecule has 12 heteroatoms. The molecule has 0 spiro atoms. The minimum Gasteiger partial charge on any atom is -0.465 e. The number of hydrogen-bond donors (Lipinski definition) is 0. The number of nitrogens with zero attached hydrogens (tertiary/aromatic N) is 3. The fourth-order valence-electron chi connectivity index (χ4n) is 3.26. The number of carbonyl (C=O) groups is 3. The van der Waals surface area contributed by atoms with Crippen molar-refractivity contribution in [2.24, 2.45) is 0 Å². The van der Waals surface area contributed by atoms with Crippen molar-refractivity contribution in [1.82, 2.24) is 15.0 Å². The zero-order chi connectivity index (χ0) is 27.8. The van der Waals surface area contributed by atoms with E-state index in [4.69, 9.17) is 28.4 Å². The zero-order valence-electron chi connectivity index (χ0n) is 20.9. The van der Waals surface area contributed by atoms with E-state index >= 15 is 0 Å². The van der Waals surface area contributed by atoms with Gasteiger partial charge in [0.05, 0.1) is 21.3 Å². The quantitative estimate of drug-likeness (QED) is 0.220. The summed E-state index contributed by atoms with van der Waals surface area (Å²) < 4.78 is 31.8. The molecule has 39 heavy (non-hydrogen) atoms. The lowest BCUT2D eigenvalue weighted by Gasteiger charge is -2.13. The maximum absolute atomic E-state index is 12.2. The number of carbonyl (C=O) groups excluding carboxylic acids is 3. The smallest absolute Gasteiger partial charge is 0.341 e. The summed E-state index contributed by atoms with van der Waals surface area (Å²) in [6.07, 6.45) is 0. The maximum Gasteiger partial charge on any atom is 0.341 e. The fraction of sp³-hybridized carbons (Fsp3) is 0.111. The van der Waals surface area contributed by atoms with E-state index < -0.39 is 17.9 Å². The third kappa shape index (κ3) is 6.25. The standard InChI is InChI=1S/C27H21N3O9/c1-34-22(31)16-10-4-7-13-19(16)37-25-28-26(38-20-14-8-5-11-17(20)23(32)35-2)30-27(29-25)39-21-15-9-6-12-18(21)24(33)36-3/h4-15H,1-3H3. The average molecular weight is 531 g/mol. The molecule has 198 valence electrons. The Morgan fingerprint density at radius 3 is 0.974 bits per heavy atom. The van der Waals surface area contributed by atoms with Gasteiger partial charge in [-0.3, -0.25) is 0 Å². The molecule has 0 aliphatic carbocycles. The molecule has 4 rings (SSSR count). The Bertz CT molecular complexity index is 1330. The van der Waals surface area contributed by atoms with Crippen LogP contribution in [0.25, 0.3) is 0 Å². The van der Waals surface area contributed by atoms with Gasteiger partial charge in [0.2, 0.25) is 0 Å². The second-order valence-corrected chi connectivity index (χ2v) is 7.45. The molecular weight excluding hydrogens is 510 g/mol. The Balaban J connectivity index is 1.77. The summed E-state index contributed by atoms with van der Waals surface area (Å²) in [5.41, 5.74) is 0.326. The van der Waals surface area contributed by atoms with Gasteiger partial charge in [-0.05, 0) is 36.4 Å². The minimum atomic E-state index is -0.647. The predicted molar refractivity (Wildman–Crippen MR) is 133 cm³/mol. The van der Waals surface area contributed by atoms with Crippen LogP contribution in [0, 0.1) is 0 Å². The first-order valence-electron chi connectivity index (χ1n) is 11.2. The van der Waals surface area contributed by atoms with Crippen molar-refractivity contribution < 1.29 is 42.8 Å². The Kier molecular flexibility index (Phi) is 8.27. The Morgan fingerprint density at radius 1 is 0.462 bits per heavy atom. The van der Waals surface area contributed by atoms with Crippen LogP contribution in [0.2, 0.25) is 0 Å². The van der Waals surface area contributed by atoms with E-state index in [1.54, 1.807) is 36.4 Å². The largest absolute Gasteiger partial charge is 0.465 e. The number of ether oxygens (including phenoxy) is 6. The average Bonchev–Trinajstić information content (AvgIpc) is 2.96. The summed E-state index contributed by atoms with van der Waals surface area (Å²) in [6.45, 7) is 0. The summed E-state index contributed by atoms with van der Waals surface area (Å²) >= 11 is 0. The minimum absolute atomic E-state index is 0.0809. The van der Waals surface area contributed by atoms with Gasteiger partial charge in [0.1, 0.15) is 33.9 Å². The van der Waals surface area contributed by atoms with Crippen LogP contribution < -0.4 is 14.2 Å². The lowest BCUT2D eigenvalue weighted by atomic mass is 10.2. The number of esters is 3. The molecule has 0 radical (unpaired) electrons. The van der Waals surface area contributed by atoms with Crippen molar-refractivity contribution in [2.75, 3.05) is 21.3 Å². The fourth-order valence-corrected chi connectivity index (χ4v) is 3.26. The van der Waals surface area contributed by atoms with E-state index in [1.807, 2.05) is 0 Å². The van der Waals surface area contributed by atoms with Crippen molar-refractivity contribution in [3.63, 3.8) is 0 Å². The Hall–Kier alpha value is -5.52. The molecular formula is C27H21N3O9. The highest BCUT2D eigenvalue weighted by Crippen LogP contribution is 2.31. The highest BCUT2D eigenvalue weighted by atomic mass is 16.6. The van der Waals surface area contributed by atoms with Gasteiger partial charge in [-0.25, -0.2) is 14.4 Å². The van der Waals surface area contributed by atoms with Crippen LogP contribution in [0.5, 0.6) is 35.3 Å². The van der Waals surface area contributed by atoms with Gasteiger partial charge in [0.25, 0.3) is 0 Å². The highest BCUT2D eigenvalue weighted by molar-refractivity contribution is 5.93. The van der Waals surface area contributed by atoms with E-state index in [0.717, 1.165) is 0 Å². The third-order valence-electron chi connectivity index (χ3n) is 5.05. The van der Waals surface area contributed by atoms with Crippen molar-refractivity contribution in [2.45, 2.75) is 0 Å². The van der Waals surface area contributed by atoms with Crippen LogP contribution in [0.4, 0.5) is 0 Å². The van der Waals surface area contributed by atoms with Gasteiger partial charge < -0.3 is 28.4 Å². The summed E-state index contributed by atoms with van der Waals surface area (Å²) in [4.78, 5) is 49.1. The number of methoxy groups -OCH3 is 3. The van der Waals surface area contributed by atoms with Crippen molar-refractivity contribution in [3.8, 4) is 35.3 Å². The van der Waals surface area contributed by atoms with E-state index in [9.17, 15) is 14.4 Å². The van der Waals surface area contributed by atoms with Crippen molar-refractivity contribution in [3.05, 3.63) is 89.5 Å². The molecule has 4 aromatic rings. The number of rotatable bonds is 9. The molecule has 0 aliphatic heterocycles. The molecule has 0 N–H and O–H groups in total. The Morgan fingerprint density at radius 2 is 0.718 bits per heavy atom. The lowest BCUT2D eigenvalue weighted by Crippen LogP contribution is -2.08. The molecule has 0 atom stereocenters. The summed E-state index contributed by atoms with van der Waals surface area (Å²) in [5, 5.41) is 0. The van der Waals surface area contributed by atoms with Crippen LogP contribution in [0.15, 0.2) is 72.8 Å². The van der Waals surface area contributed by atoms with Gasteiger partial charge in [0.15, 0.2) is 0 Å². The zero-order valence-corrected chi connectivity index (χ0v) is 20.9. The van der Waals surface area contributed by atoms with E-state index in [0.29, 0.717) is 0 Å². The number of hydrogen-bond acceptors (Lipinski definition) is 12. The molecule has 12 nitrogen and oxygen atoms in total. The summed E-state index contributed by atoms with van der Waals surface area (Å²) in [6, 6.07) is 17.8. The van der Waals surface area contributed by atoms with Gasteiger partial charge in [-0.2, -0.15) is 0 Å². The first-order valence-corrected chi connectivity index (χ1v) is 11.2. The van der Waals surface area contributed by atoms with Gasteiger partial charge in [-0.15, -0.1) is 15.0 Å². The van der Waals surface area contributed by atoms with Crippen LogP contribution in [-0.4, -0.2) is 54.2 Å². The Labute approximate surface area is 222 Å². The van der Waals surface area contributed by atoms with Crippen molar-refractivity contribution >= 4 is 17.9 Å². The lowest BCUT2D eigenvalue weighted by molar-refractivity contribution is 0.0588. The van der Waals surface area contributed by atoms with Crippen LogP contribution in [0.3, 0.4) is 0 Å².